The molecule has 3 aromatic rings. The summed E-state index contributed by atoms with van der Waals surface area (Å²) >= 11 is 0. The molecule has 7 nitrogen and oxygen atoms in total. The maximum atomic E-state index is 13.1. The van der Waals surface area contributed by atoms with Gasteiger partial charge in [0.05, 0.1) is 0 Å². The molecule has 142 valence electrons. The van der Waals surface area contributed by atoms with Crippen molar-refractivity contribution in [2.75, 3.05) is 5.32 Å². The van der Waals surface area contributed by atoms with Gasteiger partial charge in [-0.25, -0.2) is 4.39 Å². The zero-order valence-corrected chi connectivity index (χ0v) is 14.9. The van der Waals surface area contributed by atoms with Crippen LogP contribution in [0.4, 0.5) is 21.6 Å². The molecule has 0 radical (unpaired) electrons. The number of hydrogen-bond donors (Lipinski definition) is 1. The van der Waals surface area contributed by atoms with Crippen LogP contribution in [0.1, 0.15) is 12.5 Å². The van der Waals surface area contributed by atoms with Crippen molar-refractivity contribution in [3.05, 3.63) is 82.3 Å². The second-order valence-corrected chi connectivity index (χ2v) is 5.96. The lowest BCUT2D eigenvalue weighted by Crippen LogP contribution is -2.01. The van der Waals surface area contributed by atoms with Crippen molar-refractivity contribution >= 4 is 23.2 Å². The third-order valence-corrected chi connectivity index (χ3v) is 3.89. The normalized spacial score (nSPS) is 10.4. The van der Waals surface area contributed by atoms with Crippen LogP contribution in [0.15, 0.2) is 60.8 Å². The van der Waals surface area contributed by atoms with Gasteiger partial charge in [0.2, 0.25) is 0 Å². The zero-order valence-electron chi connectivity index (χ0n) is 14.9. The van der Waals surface area contributed by atoms with Crippen molar-refractivity contribution in [1.82, 2.24) is 4.98 Å². The number of ether oxygens (including phenoxy) is 1. The molecule has 0 amide bonds. The van der Waals surface area contributed by atoms with Crippen molar-refractivity contribution in [2.45, 2.75) is 13.5 Å². The molecule has 0 bridgehead atoms. The van der Waals surface area contributed by atoms with E-state index in [1.54, 1.807) is 42.5 Å². The Morgan fingerprint density at radius 1 is 1.14 bits per heavy atom. The minimum Gasteiger partial charge on any atom is -0.461 e. The smallest absolute Gasteiger partial charge is 0.387 e. The van der Waals surface area contributed by atoms with Gasteiger partial charge in [-0.15, -0.1) is 0 Å². The number of nitrogens with zero attached hydrogens (tertiary/aromatic N) is 2. The zero-order chi connectivity index (χ0) is 20.1. The van der Waals surface area contributed by atoms with Gasteiger partial charge in [-0.3, -0.25) is 4.79 Å². The van der Waals surface area contributed by atoms with Crippen LogP contribution in [0.3, 0.4) is 0 Å². The number of halogens is 1. The molecule has 0 atom stereocenters. The van der Waals surface area contributed by atoms with Gasteiger partial charge in [0.1, 0.15) is 24.3 Å². The van der Waals surface area contributed by atoms with Crippen LogP contribution in [0, 0.1) is 15.9 Å². The third kappa shape index (κ3) is 4.67. The number of anilines is 2. The molecule has 1 aromatic heterocycles. The van der Waals surface area contributed by atoms with Crippen LogP contribution >= 0.6 is 0 Å². The number of aromatic nitrogens is 1. The molecule has 0 saturated carbocycles. The number of esters is 1. The molecule has 0 aliphatic heterocycles. The van der Waals surface area contributed by atoms with Crippen molar-refractivity contribution in [3.8, 4) is 11.1 Å². The Morgan fingerprint density at radius 2 is 1.82 bits per heavy atom. The van der Waals surface area contributed by atoms with E-state index in [9.17, 15) is 19.3 Å². The van der Waals surface area contributed by atoms with E-state index in [4.69, 9.17) is 4.74 Å². The van der Waals surface area contributed by atoms with E-state index in [1.165, 1.54) is 25.3 Å². The average molecular weight is 381 g/mol. The summed E-state index contributed by atoms with van der Waals surface area (Å²) < 4.78 is 18.1. The molecule has 3 rings (SSSR count). The Hall–Kier alpha value is -3.81. The topological polar surface area (TPSA) is 94.4 Å². The average Bonchev–Trinajstić information content (AvgIpc) is 2.68. The molecule has 0 spiro atoms. The first-order valence-corrected chi connectivity index (χ1v) is 8.32. The predicted molar refractivity (Wildman–Crippen MR) is 101 cm³/mol. The minimum absolute atomic E-state index is 0.150. The molecule has 0 aliphatic rings. The van der Waals surface area contributed by atoms with E-state index in [0.717, 1.165) is 5.56 Å². The highest BCUT2D eigenvalue weighted by Crippen LogP contribution is 2.30. The van der Waals surface area contributed by atoms with E-state index in [0.29, 0.717) is 16.8 Å². The lowest BCUT2D eigenvalue weighted by atomic mass is 10.1. The Labute approximate surface area is 160 Å². The standard InChI is InChI=1S/C20H16FN3O4/c1-13(25)28-12-14-2-8-18(9-3-14)23-19-10-16(11-22-20(19)24(26)27)15-4-6-17(21)7-5-15/h2-11,23H,12H2,1H3. The SMILES string of the molecule is CC(=O)OCc1ccc(Nc2cc(-c3ccc(F)cc3)cnc2[N+](=O)[O-])cc1. The Balaban J connectivity index is 1.87. The fourth-order valence-electron chi connectivity index (χ4n) is 2.52. The highest BCUT2D eigenvalue weighted by atomic mass is 19.1. The van der Waals surface area contributed by atoms with Crippen LogP contribution in [-0.2, 0) is 16.1 Å². The van der Waals surface area contributed by atoms with Crippen LogP contribution < -0.4 is 5.32 Å². The van der Waals surface area contributed by atoms with Crippen LogP contribution in [0.5, 0.6) is 0 Å². The first-order chi connectivity index (χ1) is 13.4. The summed E-state index contributed by atoms with van der Waals surface area (Å²) in [5, 5.41) is 14.3. The summed E-state index contributed by atoms with van der Waals surface area (Å²) in [6.45, 7) is 1.48. The molecule has 0 aliphatic carbocycles. The van der Waals surface area contributed by atoms with Gasteiger partial charge in [-0.05, 0) is 51.4 Å². The van der Waals surface area contributed by atoms with Crippen molar-refractivity contribution < 1.29 is 18.8 Å². The molecule has 1 heterocycles. The number of hydrogen-bond acceptors (Lipinski definition) is 6. The summed E-state index contributed by atoms with van der Waals surface area (Å²) in [5.41, 5.74) is 2.89. The summed E-state index contributed by atoms with van der Waals surface area (Å²) in [4.78, 5) is 25.5. The summed E-state index contributed by atoms with van der Waals surface area (Å²) in [6, 6.07) is 14.3. The van der Waals surface area contributed by atoms with E-state index < -0.39 is 4.92 Å². The van der Waals surface area contributed by atoms with E-state index in [2.05, 4.69) is 10.3 Å². The molecule has 28 heavy (non-hydrogen) atoms. The first kappa shape index (κ1) is 19.0. The highest BCUT2D eigenvalue weighted by molar-refractivity contribution is 5.74. The molecule has 0 fully saturated rings. The predicted octanol–water partition coefficient (Wildman–Crippen LogP) is 4.60. The number of nitrogens with one attached hydrogen (secondary N) is 1. The van der Waals surface area contributed by atoms with E-state index in [-0.39, 0.29) is 29.9 Å². The number of benzene rings is 2. The van der Waals surface area contributed by atoms with Crippen LogP contribution in [0.2, 0.25) is 0 Å². The van der Waals surface area contributed by atoms with Gasteiger partial charge >= 0.3 is 11.8 Å². The molecular weight excluding hydrogens is 365 g/mol. The lowest BCUT2D eigenvalue weighted by molar-refractivity contribution is -0.388. The second kappa shape index (κ2) is 8.26. The maximum absolute atomic E-state index is 13.1. The quantitative estimate of drug-likeness (QED) is 0.381. The lowest BCUT2D eigenvalue weighted by Gasteiger charge is -2.09. The monoisotopic (exact) mass is 381 g/mol. The number of nitro groups is 1. The first-order valence-electron chi connectivity index (χ1n) is 8.32. The Bertz CT molecular complexity index is 1000. The molecule has 8 heteroatoms. The number of pyridine rings is 1. The molecule has 1 N–H and O–H groups in total. The summed E-state index contributed by atoms with van der Waals surface area (Å²) in [7, 11) is 0. The van der Waals surface area contributed by atoms with Gasteiger partial charge < -0.3 is 20.2 Å². The van der Waals surface area contributed by atoms with Crippen molar-refractivity contribution in [1.29, 1.82) is 0 Å². The number of rotatable bonds is 6. The molecular formula is C20H16FN3O4. The largest absolute Gasteiger partial charge is 0.461 e. The fraction of sp³-hybridized carbons (Fsp3) is 0.100. The van der Waals surface area contributed by atoms with E-state index in [1.807, 2.05) is 0 Å². The number of carbonyl (C=O) groups is 1. The van der Waals surface area contributed by atoms with Crippen molar-refractivity contribution in [3.63, 3.8) is 0 Å². The van der Waals surface area contributed by atoms with Crippen LogP contribution in [0.25, 0.3) is 11.1 Å². The Kier molecular flexibility index (Phi) is 5.59. The molecule has 0 unspecified atom stereocenters. The third-order valence-electron chi connectivity index (χ3n) is 3.89. The summed E-state index contributed by atoms with van der Waals surface area (Å²) in [6.07, 6.45) is 1.37. The minimum atomic E-state index is -0.578. The molecule has 0 saturated heterocycles. The highest BCUT2D eigenvalue weighted by Gasteiger charge is 2.17. The van der Waals surface area contributed by atoms with Crippen molar-refractivity contribution in [2.24, 2.45) is 0 Å². The number of carbonyl (C=O) groups excluding carboxylic acids is 1. The van der Waals surface area contributed by atoms with Gasteiger partial charge in [0, 0.05) is 18.2 Å². The van der Waals surface area contributed by atoms with Gasteiger partial charge in [-0.2, -0.15) is 0 Å². The Morgan fingerprint density at radius 3 is 2.43 bits per heavy atom. The molecule has 2 aromatic carbocycles. The summed E-state index contributed by atoms with van der Waals surface area (Å²) in [5.74, 6) is -1.07. The second-order valence-electron chi connectivity index (χ2n) is 5.96. The fourth-order valence-corrected chi connectivity index (χ4v) is 2.52. The van der Waals surface area contributed by atoms with E-state index >= 15 is 0 Å². The van der Waals surface area contributed by atoms with Crippen LogP contribution in [-0.4, -0.2) is 15.9 Å². The van der Waals surface area contributed by atoms with Gasteiger partial charge in [-0.1, -0.05) is 24.3 Å². The van der Waals surface area contributed by atoms with Gasteiger partial charge in [0.25, 0.3) is 0 Å². The maximum Gasteiger partial charge on any atom is 0.387 e. The van der Waals surface area contributed by atoms with Gasteiger partial charge in [0.15, 0.2) is 0 Å².